The number of nitrogens with zero attached hydrogens (tertiary/aromatic N) is 3. The lowest BCUT2D eigenvalue weighted by Gasteiger charge is -2.13. The maximum Gasteiger partial charge on any atom is 0.273 e. The third-order valence-electron chi connectivity index (χ3n) is 3.38. The van der Waals surface area contributed by atoms with Crippen LogP contribution in [0.25, 0.3) is 0 Å². The lowest BCUT2D eigenvalue weighted by Crippen LogP contribution is -2.19. The SMILES string of the molecule is CC1CCC(c2nnc(S(N)(=O)=O)n2C2CC2)O1. The summed E-state index contributed by atoms with van der Waals surface area (Å²) in [5, 5.41) is 12.8. The quantitative estimate of drug-likeness (QED) is 0.863. The summed E-state index contributed by atoms with van der Waals surface area (Å²) < 4.78 is 30.4. The molecule has 2 fully saturated rings. The minimum absolute atomic E-state index is 0.136. The molecule has 1 aliphatic heterocycles. The average molecular weight is 272 g/mol. The highest BCUT2D eigenvalue weighted by Gasteiger charge is 2.37. The minimum Gasteiger partial charge on any atom is -0.367 e. The fourth-order valence-electron chi connectivity index (χ4n) is 2.37. The zero-order valence-corrected chi connectivity index (χ0v) is 10.9. The van der Waals surface area contributed by atoms with Gasteiger partial charge in [-0.25, -0.2) is 13.6 Å². The third-order valence-corrected chi connectivity index (χ3v) is 4.16. The zero-order chi connectivity index (χ0) is 12.9. The van der Waals surface area contributed by atoms with Gasteiger partial charge >= 0.3 is 0 Å². The molecule has 1 saturated heterocycles. The van der Waals surface area contributed by atoms with Gasteiger partial charge in [-0.15, -0.1) is 10.2 Å². The second-order valence-corrected chi connectivity index (χ2v) is 6.45. The summed E-state index contributed by atoms with van der Waals surface area (Å²) in [5.41, 5.74) is 0. The molecule has 0 amide bonds. The molecular formula is C10H16N4O3S. The molecule has 1 aromatic rings. The first kappa shape index (κ1) is 12.1. The Morgan fingerprint density at radius 2 is 2.00 bits per heavy atom. The van der Waals surface area contributed by atoms with E-state index >= 15 is 0 Å². The maximum atomic E-state index is 11.5. The molecule has 0 spiro atoms. The minimum atomic E-state index is -3.83. The van der Waals surface area contributed by atoms with Crippen LogP contribution in [0.15, 0.2) is 5.16 Å². The van der Waals surface area contributed by atoms with E-state index in [2.05, 4.69) is 10.2 Å². The molecule has 3 rings (SSSR count). The Morgan fingerprint density at radius 1 is 1.28 bits per heavy atom. The van der Waals surface area contributed by atoms with Crippen molar-refractivity contribution in [3.8, 4) is 0 Å². The number of hydrogen-bond donors (Lipinski definition) is 1. The van der Waals surface area contributed by atoms with Crippen molar-refractivity contribution in [3.05, 3.63) is 5.82 Å². The number of nitrogens with two attached hydrogens (primary N) is 1. The summed E-state index contributed by atoms with van der Waals surface area (Å²) in [6.07, 6.45) is 3.69. The lowest BCUT2D eigenvalue weighted by atomic mass is 10.2. The Balaban J connectivity index is 2.02. The molecule has 0 radical (unpaired) electrons. The van der Waals surface area contributed by atoms with Gasteiger partial charge in [0.15, 0.2) is 5.82 Å². The fourth-order valence-corrected chi connectivity index (χ4v) is 3.04. The van der Waals surface area contributed by atoms with E-state index in [4.69, 9.17) is 9.88 Å². The Kier molecular flexibility index (Phi) is 2.68. The smallest absolute Gasteiger partial charge is 0.273 e. The summed E-state index contributed by atoms with van der Waals surface area (Å²) >= 11 is 0. The van der Waals surface area contributed by atoms with Gasteiger partial charge in [-0.05, 0) is 32.6 Å². The monoisotopic (exact) mass is 272 g/mol. The van der Waals surface area contributed by atoms with Crippen molar-refractivity contribution < 1.29 is 13.2 Å². The van der Waals surface area contributed by atoms with Gasteiger partial charge in [-0.2, -0.15) is 0 Å². The average Bonchev–Trinajstić information content (AvgIpc) is 2.85. The number of primary sulfonamides is 1. The van der Waals surface area contributed by atoms with Gasteiger partial charge < -0.3 is 4.74 Å². The van der Waals surface area contributed by atoms with E-state index in [0.29, 0.717) is 5.82 Å². The molecule has 1 saturated carbocycles. The van der Waals surface area contributed by atoms with Gasteiger partial charge in [0, 0.05) is 6.04 Å². The van der Waals surface area contributed by atoms with Crippen LogP contribution >= 0.6 is 0 Å². The summed E-state index contributed by atoms with van der Waals surface area (Å²) in [6, 6.07) is 0.155. The highest BCUT2D eigenvalue weighted by molar-refractivity contribution is 7.89. The first-order valence-corrected chi connectivity index (χ1v) is 7.64. The highest BCUT2D eigenvalue weighted by atomic mass is 32.2. The van der Waals surface area contributed by atoms with E-state index in [9.17, 15) is 8.42 Å². The summed E-state index contributed by atoms with van der Waals surface area (Å²) in [4.78, 5) is 0. The maximum absolute atomic E-state index is 11.5. The molecule has 2 unspecified atom stereocenters. The molecule has 18 heavy (non-hydrogen) atoms. The summed E-state index contributed by atoms with van der Waals surface area (Å²) in [6.45, 7) is 2.00. The molecule has 1 aromatic heterocycles. The van der Waals surface area contributed by atoms with Crippen LogP contribution in [0.2, 0.25) is 0 Å². The molecule has 2 heterocycles. The zero-order valence-electron chi connectivity index (χ0n) is 10.1. The summed E-state index contributed by atoms with van der Waals surface area (Å²) in [7, 11) is -3.83. The van der Waals surface area contributed by atoms with Crippen LogP contribution in [0.4, 0.5) is 0 Å². The fraction of sp³-hybridized carbons (Fsp3) is 0.800. The van der Waals surface area contributed by atoms with E-state index in [-0.39, 0.29) is 23.4 Å². The van der Waals surface area contributed by atoms with E-state index in [0.717, 1.165) is 25.7 Å². The van der Waals surface area contributed by atoms with E-state index in [1.54, 1.807) is 4.57 Å². The van der Waals surface area contributed by atoms with Crippen LogP contribution in [0.3, 0.4) is 0 Å². The van der Waals surface area contributed by atoms with E-state index in [1.807, 2.05) is 6.92 Å². The largest absolute Gasteiger partial charge is 0.367 e. The van der Waals surface area contributed by atoms with Crippen molar-refractivity contribution in [2.24, 2.45) is 5.14 Å². The molecule has 7 nitrogen and oxygen atoms in total. The van der Waals surface area contributed by atoms with Crippen LogP contribution in [-0.4, -0.2) is 29.3 Å². The van der Waals surface area contributed by atoms with Gasteiger partial charge in [0.2, 0.25) is 0 Å². The molecule has 0 bridgehead atoms. The standard InChI is InChI=1S/C10H16N4O3S/c1-6-2-5-8(17-6)9-12-13-10(18(11,15)16)14(9)7-3-4-7/h6-8H,2-5H2,1H3,(H2,11,15,16). The third kappa shape index (κ3) is 2.04. The van der Waals surface area contributed by atoms with E-state index < -0.39 is 10.0 Å². The first-order valence-electron chi connectivity index (χ1n) is 6.10. The molecule has 2 N–H and O–H groups in total. The molecule has 2 atom stereocenters. The predicted octanol–water partition coefficient (Wildman–Crippen LogP) is 0.500. The first-order chi connectivity index (χ1) is 8.47. The van der Waals surface area contributed by atoms with Crippen LogP contribution < -0.4 is 5.14 Å². The molecular weight excluding hydrogens is 256 g/mol. The van der Waals surface area contributed by atoms with Gasteiger partial charge in [0.25, 0.3) is 15.2 Å². The normalized spacial score (nSPS) is 28.8. The number of aromatic nitrogens is 3. The Hall–Kier alpha value is -0.990. The Morgan fingerprint density at radius 3 is 2.50 bits per heavy atom. The number of hydrogen-bond acceptors (Lipinski definition) is 5. The van der Waals surface area contributed by atoms with Gasteiger partial charge in [0.05, 0.1) is 6.10 Å². The number of rotatable bonds is 3. The Bertz CT molecular complexity index is 564. The van der Waals surface area contributed by atoms with Crippen LogP contribution in [-0.2, 0) is 14.8 Å². The highest BCUT2D eigenvalue weighted by Crippen LogP contribution is 2.41. The van der Waals surface area contributed by atoms with Crippen molar-refractivity contribution in [3.63, 3.8) is 0 Å². The van der Waals surface area contributed by atoms with Crippen molar-refractivity contribution >= 4 is 10.0 Å². The predicted molar refractivity (Wildman–Crippen MR) is 62.2 cm³/mol. The second kappa shape index (κ2) is 4.01. The number of sulfonamides is 1. The summed E-state index contributed by atoms with van der Waals surface area (Å²) in [5.74, 6) is 0.603. The van der Waals surface area contributed by atoms with Crippen molar-refractivity contribution in [2.45, 2.75) is 56.0 Å². The molecule has 0 aromatic carbocycles. The topological polar surface area (TPSA) is 100 Å². The van der Waals surface area contributed by atoms with E-state index in [1.165, 1.54) is 0 Å². The molecule has 100 valence electrons. The van der Waals surface area contributed by atoms with Crippen molar-refractivity contribution in [2.75, 3.05) is 0 Å². The Labute approximate surface area is 105 Å². The lowest BCUT2D eigenvalue weighted by molar-refractivity contribution is 0.0475. The van der Waals surface area contributed by atoms with Gasteiger partial charge in [-0.3, -0.25) is 4.57 Å². The molecule has 2 aliphatic rings. The molecule has 1 aliphatic carbocycles. The number of ether oxygens (including phenoxy) is 1. The van der Waals surface area contributed by atoms with Crippen LogP contribution in [0.5, 0.6) is 0 Å². The second-order valence-electron chi connectivity index (χ2n) is 5.00. The van der Waals surface area contributed by atoms with Crippen molar-refractivity contribution in [1.82, 2.24) is 14.8 Å². The van der Waals surface area contributed by atoms with Gasteiger partial charge in [0.1, 0.15) is 6.10 Å². The van der Waals surface area contributed by atoms with Crippen LogP contribution in [0.1, 0.15) is 50.6 Å². The van der Waals surface area contributed by atoms with Gasteiger partial charge in [-0.1, -0.05) is 0 Å². The molecule has 8 heteroatoms. The van der Waals surface area contributed by atoms with Crippen LogP contribution in [0, 0.1) is 0 Å². The van der Waals surface area contributed by atoms with Crippen molar-refractivity contribution in [1.29, 1.82) is 0 Å².